The Morgan fingerprint density at radius 1 is 1.44 bits per heavy atom. The van der Waals surface area contributed by atoms with Crippen molar-refractivity contribution < 1.29 is 9.90 Å². The van der Waals surface area contributed by atoms with E-state index in [1.54, 1.807) is 6.92 Å². The van der Waals surface area contributed by atoms with Crippen molar-refractivity contribution >= 4 is 18.1 Å². The molecule has 0 saturated heterocycles. The molecule has 1 aliphatic carbocycles. The van der Waals surface area contributed by atoms with Gasteiger partial charge in [-0.3, -0.25) is 4.79 Å². The maximum absolute atomic E-state index is 10.9. The monoisotopic (exact) mass is 214 g/mol. The number of aliphatic carboxylic acids is 1. The molecule has 0 spiro atoms. The summed E-state index contributed by atoms with van der Waals surface area (Å²) < 4.78 is 0. The molecular weight excluding hydrogens is 200 g/mol. The van der Waals surface area contributed by atoms with E-state index in [0.717, 1.165) is 28.0 Å². The summed E-state index contributed by atoms with van der Waals surface area (Å²) in [4.78, 5) is 10.9. The molecule has 2 heteroatoms. The summed E-state index contributed by atoms with van der Waals surface area (Å²) in [6.45, 7) is 5.62. The van der Waals surface area contributed by atoms with Crippen molar-refractivity contribution in [3.05, 3.63) is 46.4 Å². The maximum atomic E-state index is 10.9. The number of hydrogen-bond donors (Lipinski definition) is 1. The van der Waals surface area contributed by atoms with Crippen LogP contribution in [0.15, 0.2) is 30.4 Å². The molecule has 2 rings (SSSR count). The van der Waals surface area contributed by atoms with E-state index in [1.807, 2.05) is 24.3 Å². The molecule has 1 N–H and O–H groups in total. The van der Waals surface area contributed by atoms with Gasteiger partial charge in [-0.05, 0) is 29.3 Å². The minimum atomic E-state index is -0.788. The van der Waals surface area contributed by atoms with Crippen molar-refractivity contribution in [1.82, 2.24) is 0 Å². The van der Waals surface area contributed by atoms with Crippen molar-refractivity contribution in [2.45, 2.75) is 19.3 Å². The minimum Gasteiger partial charge on any atom is -0.481 e. The molecule has 0 heterocycles. The molecule has 1 unspecified atom stereocenters. The molecule has 0 fully saturated rings. The average Bonchev–Trinajstić information content (AvgIpc) is 2.27. The Morgan fingerprint density at radius 2 is 2.19 bits per heavy atom. The Hall–Kier alpha value is -1.83. The second-order valence-electron chi connectivity index (χ2n) is 4.16. The average molecular weight is 214 g/mol. The summed E-state index contributed by atoms with van der Waals surface area (Å²) >= 11 is 0. The first-order valence-corrected chi connectivity index (χ1v) is 5.30. The molecule has 1 aromatic carbocycles. The Balaban J connectivity index is 2.53. The lowest BCUT2D eigenvalue weighted by molar-refractivity contribution is -0.138. The first kappa shape index (κ1) is 10.7. The van der Waals surface area contributed by atoms with Crippen LogP contribution < -0.4 is 10.4 Å². The van der Waals surface area contributed by atoms with Gasteiger partial charge in [0.15, 0.2) is 0 Å². The normalized spacial score (nSPS) is 15.7. The van der Waals surface area contributed by atoms with Crippen LogP contribution in [0.25, 0.3) is 12.2 Å². The van der Waals surface area contributed by atoms with Gasteiger partial charge in [0.25, 0.3) is 0 Å². The Labute approximate surface area is 94.2 Å². The minimum absolute atomic E-state index is 0.455. The summed E-state index contributed by atoms with van der Waals surface area (Å²) in [5, 5.41) is 11.2. The highest BCUT2D eigenvalue weighted by Crippen LogP contribution is 2.12. The highest BCUT2D eigenvalue weighted by molar-refractivity contribution is 5.75. The van der Waals surface area contributed by atoms with Crippen LogP contribution in [0.2, 0.25) is 0 Å². The summed E-state index contributed by atoms with van der Waals surface area (Å²) in [5.41, 5.74) is 1.94. The van der Waals surface area contributed by atoms with Crippen molar-refractivity contribution in [2.24, 2.45) is 0 Å². The fourth-order valence-electron chi connectivity index (χ4n) is 1.83. The van der Waals surface area contributed by atoms with E-state index in [-0.39, 0.29) is 0 Å². The van der Waals surface area contributed by atoms with Crippen LogP contribution in [0, 0.1) is 0 Å². The molecule has 0 radical (unpaired) electrons. The van der Waals surface area contributed by atoms with Crippen molar-refractivity contribution in [1.29, 1.82) is 0 Å². The van der Waals surface area contributed by atoms with E-state index < -0.39 is 11.9 Å². The van der Waals surface area contributed by atoms with Gasteiger partial charge in [0.2, 0.25) is 0 Å². The molecule has 16 heavy (non-hydrogen) atoms. The van der Waals surface area contributed by atoms with Crippen LogP contribution in [-0.2, 0) is 4.79 Å². The highest BCUT2D eigenvalue weighted by atomic mass is 16.4. The van der Waals surface area contributed by atoms with Gasteiger partial charge in [-0.2, -0.15) is 0 Å². The second kappa shape index (κ2) is 3.97. The fraction of sp³-hybridized carbons (Fsp3) is 0.214. The molecule has 1 aliphatic rings. The summed E-state index contributed by atoms with van der Waals surface area (Å²) in [6.07, 6.45) is 4.98. The van der Waals surface area contributed by atoms with E-state index >= 15 is 0 Å². The van der Waals surface area contributed by atoms with Gasteiger partial charge in [-0.15, -0.1) is 0 Å². The zero-order chi connectivity index (χ0) is 11.7. The van der Waals surface area contributed by atoms with E-state index in [9.17, 15) is 4.79 Å². The largest absolute Gasteiger partial charge is 0.481 e. The molecule has 1 aromatic rings. The zero-order valence-electron chi connectivity index (χ0n) is 9.23. The lowest BCUT2D eigenvalue weighted by Crippen LogP contribution is -2.28. The van der Waals surface area contributed by atoms with Crippen molar-refractivity contribution in [3.63, 3.8) is 0 Å². The first-order chi connectivity index (χ1) is 7.58. The predicted octanol–water partition coefficient (Wildman–Crippen LogP) is 1.40. The molecule has 0 aliphatic heterocycles. The molecule has 82 valence electrons. The smallest absolute Gasteiger partial charge is 0.310 e. The molecule has 0 saturated carbocycles. The Kier molecular flexibility index (Phi) is 2.65. The maximum Gasteiger partial charge on any atom is 0.310 e. The van der Waals surface area contributed by atoms with Crippen LogP contribution in [-0.4, -0.2) is 11.1 Å². The molecule has 0 aromatic heterocycles. The molecule has 2 nitrogen and oxygen atoms in total. The summed E-state index contributed by atoms with van der Waals surface area (Å²) in [6, 6.07) is 5.79. The van der Waals surface area contributed by atoms with Crippen LogP contribution in [0.4, 0.5) is 0 Å². The van der Waals surface area contributed by atoms with Crippen LogP contribution in [0.5, 0.6) is 0 Å². The van der Waals surface area contributed by atoms with Gasteiger partial charge in [-0.25, -0.2) is 0 Å². The number of carboxylic acids is 1. The van der Waals surface area contributed by atoms with E-state index in [2.05, 4.69) is 12.7 Å². The SMILES string of the molecule is C=C1C=c2ccc(C(C)C(=O)O)cc2=CC1. The van der Waals surface area contributed by atoms with Crippen molar-refractivity contribution in [2.75, 3.05) is 0 Å². The predicted molar refractivity (Wildman–Crippen MR) is 64.4 cm³/mol. The van der Waals surface area contributed by atoms with E-state index in [4.69, 9.17) is 5.11 Å². The third-order valence-electron chi connectivity index (χ3n) is 2.93. The van der Waals surface area contributed by atoms with Gasteiger partial charge in [0, 0.05) is 0 Å². The van der Waals surface area contributed by atoms with Gasteiger partial charge in [0.05, 0.1) is 5.92 Å². The van der Waals surface area contributed by atoms with Gasteiger partial charge in [0.1, 0.15) is 0 Å². The van der Waals surface area contributed by atoms with Gasteiger partial charge >= 0.3 is 5.97 Å². The Morgan fingerprint density at radius 3 is 2.88 bits per heavy atom. The number of fused-ring (bicyclic) bond motifs is 1. The number of allylic oxidation sites excluding steroid dienone is 1. The summed E-state index contributed by atoms with van der Waals surface area (Å²) in [7, 11) is 0. The van der Waals surface area contributed by atoms with Crippen molar-refractivity contribution in [3.8, 4) is 0 Å². The second-order valence-corrected chi connectivity index (χ2v) is 4.16. The number of rotatable bonds is 2. The lowest BCUT2D eigenvalue weighted by atomic mass is 9.97. The number of carbonyl (C=O) groups is 1. The topological polar surface area (TPSA) is 37.3 Å². The number of hydrogen-bond acceptors (Lipinski definition) is 1. The lowest BCUT2D eigenvalue weighted by Gasteiger charge is -2.08. The highest BCUT2D eigenvalue weighted by Gasteiger charge is 2.13. The quantitative estimate of drug-likeness (QED) is 0.808. The molecular formula is C14H14O2. The molecule has 0 bridgehead atoms. The van der Waals surface area contributed by atoms with Crippen LogP contribution >= 0.6 is 0 Å². The van der Waals surface area contributed by atoms with Crippen LogP contribution in [0.3, 0.4) is 0 Å². The third-order valence-corrected chi connectivity index (χ3v) is 2.93. The van der Waals surface area contributed by atoms with Crippen LogP contribution in [0.1, 0.15) is 24.8 Å². The molecule has 1 atom stereocenters. The Bertz CT molecular complexity index is 567. The first-order valence-electron chi connectivity index (χ1n) is 5.30. The summed E-state index contributed by atoms with van der Waals surface area (Å²) in [5.74, 6) is -1.24. The van der Waals surface area contributed by atoms with E-state index in [1.165, 1.54) is 0 Å². The fourth-order valence-corrected chi connectivity index (χ4v) is 1.83. The zero-order valence-corrected chi connectivity index (χ0v) is 9.23. The third kappa shape index (κ3) is 1.91. The standard InChI is InChI=1S/C14H14O2/c1-9-3-4-13-8-11(10(2)14(15)16)5-6-12(13)7-9/h4-8,10H,1,3H2,2H3,(H,15,16). The van der Waals surface area contributed by atoms with Gasteiger partial charge in [-0.1, -0.05) is 42.5 Å². The molecule has 0 amide bonds. The number of benzene rings is 1. The van der Waals surface area contributed by atoms with E-state index in [0.29, 0.717) is 0 Å². The van der Waals surface area contributed by atoms with Gasteiger partial charge < -0.3 is 5.11 Å². The number of carboxylic acid groups (broad SMARTS) is 1.